The molecule has 0 spiro atoms. The van der Waals surface area contributed by atoms with E-state index >= 15 is 0 Å². The molecule has 3 N–H and O–H groups in total. The molecule has 1 saturated heterocycles. The first-order valence-electron chi connectivity index (χ1n) is 8.02. The molecule has 0 aromatic rings. The van der Waals surface area contributed by atoms with Crippen LogP contribution in [0.15, 0.2) is 11.6 Å². The number of carbonyl (C=O) groups is 2. The highest BCUT2D eigenvalue weighted by molar-refractivity contribution is 7.80. The van der Waals surface area contributed by atoms with Crippen molar-refractivity contribution in [2.24, 2.45) is 5.73 Å². The van der Waals surface area contributed by atoms with Crippen molar-refractivity contribution in [3.63, 3.8) is 0 Å². The Balaban J connectivity index is 0.000000381. The van der Waals surface area contributed by atoms with Crippen LogP contribution in [0.5, 0.6) is 0 Å². The van der Waals surface area contributed by atoms with Crippen LogP contribution in [0.3, 0.4) is 0 Å². The van der Waals surface area contributed by atoms with E-state index in [0.717, 1.165) is 4.90 Å². The van der Waals surface area contributed by atoms with E-state index in [1.807, 2.05) is 0 Å². The number of nitrogens with two attached hydrogens (primary N) is 1. The van der Waals surface area contributed by atoms with Gasteiger partial charge in [-0.25, -0.2) is 4.79 Å². The Labute approximate surface area is 148 Å². The van der Waals surface area contributed by atoms with E-state index < -0.39 is 34.4 Å². The highest BCUT2D eigenvalue weighted by atomic mass is 32.3. The van der Waals surface area contributed by atoms with Crippen molar-refractivity contribution >= 4 is 22.3 Å². The maximum Gasteiger partial charge on any atom is 0.418 e. The summed E-state index contributed by atoms with van der Waals surface area (Å²) in [5, 5.41) is 0.502. The maximum atomic E-state index is 11.8. The van der Waals surface area contributed by atoms with Gasteiger partial charge in [-0.05, 0) is 32.1 Å². The summed E-state index contributed by atoms with van der Waals surface area (Å²) in [6, 6.07) is -2.45. The number of primary amides is 1. The molecule has 2 aliphatic heterocycles. The van der Waals surface area contributed by atoms with Crippen molar-refractivity contribution in [1.82, 2.24) is 14.9 Å². The number of fused-ring (bicyclic) bond motifs is 2. The SMILES string of the molecule is CC1=C[C@@H]2CN(C(=O)N2OS(=O)(=O)O)[C@@H]1C(N)=O.CCN(CC)CC. The molecule has 2 rings (SSSR count). The second-order valence-corrected chi connectivity index (χ2v) is 6.67. The van der Waals surface area contributed by atoms with Crippen LogP contribution in [0, 0.1) is 0 Å². The zero-order valence-electron chi connectivity index (χ0n) is 14.9. The molecule has 0 unspecified atom stereocenters. The molecule has 25 heavy (non-hydrogen) atoms. The number of rotatable bonds is 6. The van der Waals surface area contributed by atoms with Crippen LogP contribution in [-0.4, -0.2) is 78.0 Å². The van der Waals surface area contributed by atoms with Crippen LogP contribution in [-0.2, 0) is 19.5 Å². The van der Waals surface area contributed by atoms with Crippen molar-refractivity contribution < 1.29 is 26.8 Å². The maximum absolute atomic E-state index is 11.8. The van der Waals surface area contributed by atoms with Gasteiger partial charge in [-0.2, -0.15) is 13.5 Å². The molecule has 0 aromatic carbocycles. The Bertz CT molecular complexity index is 626. The van der Waals surface area contributed by atoms with Crippen molar-refractivity contribution in [1.29, 1.82) is 0 Å². The second-order valence-electron chi connectivity index (χ2n) is 5.67. The average Bonchev–Trinajstić information content (AvgIpc) is 2.73. The van der Waals surface area contributed by atoms with Gasteiger partial charge < -0.3 is 15.5 Å². The first-order chi connectivity index (χ1) is 11.6. The number of hydrogen-bond donors (Lipinski definition) is 2. The van der Waals surface area contributed by atoms with Crippen molar-refractivity contribution in [2.75, 3.05) is 26.2 Å². The van der Waals surface area contributed by atoms with Crippen LogP contribution in [0.25, 0.3) is 0 Å². The fraction of sp³-hybridized carbons (Fsp3) is 0.714. The highest BCUT2D eigenvalue weighted by Crippen LogP contribution is 2.29. The Hall–Kier alpha value is -1.69. The Morgan fingerprint density at radius 2 is 1.88 bits per heavy atom. The van der Waals surface area contributed by atoms with Gasteiger partial charge in [-0.15, -0.1) is 4.28 Å². The second kappa shape index (κ2) is 8.61. The molecule has 2 heterocycles. The molecule has 10 nitrogen and oxygen atoms in total. The monoisotopic (exact) mass is 378 g/mol. The molecule has 0 aromatic heterocycles. The average molecular weight is 378 g/mol. The number of carbonyl (C=O) groups excluding carboxylic acids is 2. The first kappa shape index (κ1) is 21.4. The van der Waals surface area contributed by atoms with Crippen molar-refractivity contribution in [2.45, 2.75) is 39.8 Å². The Morgan fingerprint density at radius 1 is 1.36 bits per heavy atom. The summed E-state index contributed by atoms with van der Waals surface area (Å²) in [4.78, 5) is 26.6. The van der Waals surface area contributed by atoms with E-state index in [4.69, 9.17) is 10.3 Å². The molecule has 144 valence electrons. The zero-order chi connectivity index (χ0) is 19.4. The van der Waals surface area contributed by atoms with Gasteiger partial charge in [-0.3, -0.25) is 9.35 Å². The molecule has 0 radical (unpaired) electrons. The van der Waals surface area contributed by atoms with Gasteiger partial charge in [-0.1, -0.05) is 26.8 Å². The van der Waals surface area contributed by atoms with Gasteiger partial charge in [0.05, 0.1) is 12.6 Å². The normalized spacial score (nSPS) is 22.6. The van der Waals surface area contributed by atoms with Gasteiger partial charge in [0.15, 0.2) is 0 Å². The van der Waals surface area contributed by atoms with E-state index in [1.54, 1.807) is 6.92 Å². The van der Waals surface area contributed by atoms with Crippen LogP contribution in [0.2, 0.25) is 0 Å². The molecule has 11 heteroatoms. The topological polar surface area (TPSA) is 133 Å². The fourth-order valence-electron chi connectivity index (χ4n) is 2.84. The number of hydrogen-bond acceptors (Lipinski definition) is 6. The minimum absolute atomic E-state index is 0.0687. The van der Waals surface area contributed by atoms with Crippen LogP contribution in [0.4, 0.5) is 4.79 Å². The summed E-state index contributed by atoms with van der Waals surface area (Å²) < 4.78 is 34.0. The van der Waals surface area contributed by atoms with Crippen molar-refractivity contribution in [3.8, 4) is 0 Å². The molecular formula is C14H26N4O6S. The van der Waals surface area contributed by atoms with E-state index in [2.05, 4.69) is 30.0 Å². The van der Waals surface area contributed by atoms with Gasteiger partial charge >= 0.3 is 16.4 Å². The lowest BCUT2D eigenvalue weighted by atomic mass is 10.0. The van der Waals surface area contributed by atoms with Gasteiger partial charge in [0.2, 0.25) is 5.91 Å². The van der Waals surface area contributed by atoms with Crippen LogP contribution in [0.1, 0.15) is 27.7 Å². The fourth-order valence-corrected chi connectivity index (χ4v) is 3.21. The van der Waals surface area contributed by atoms with E-state index in [0.29, 0.717) is 10.6 Å². The molecule has 2 aliphatic rings. The summed E-state index contributed by atoms with van der Waals surface area (Å²) in [5.41, 5.74) is 5.70. The molecule has 0 aliphatic carbocycles. The minimum atomic E-state index is -4.80. The highest BCUT2D eigenvalue weighted by Gasteiger charge is 2.48. The lowest BCUT2D eigenvalue weighted by molar-refractivity contribution is -0.121. The van der Waals surface area contributed by atoms with E-state index in [-0.39, 0.29) is 6.54 Å². The van der Waals surface area contributed by atoms with Gasteiger partial charge in [0.1, 0.15) is 6.04 Å². The summed E-state index contributed by atoms with van der Waals surface area (Å²) in [6.07, 6.45) is 1.50. The standard InChI is InChI=1S/C8H11N3O6S.C6H15N/c1-4-2-5-3-10(6(4)7(9)12)8(13)11(5)17-18(14,15)16;1-4-7(5-2)6-3/h2,5-6H,3H2,1H3,(H2,9,12)(H,14,15,16);4-6H2,1-3H3/t5-,6+;/m1./s1. The number of hydroxylamine groups is 2. The summed E-state index contributed by atoms with van der Waals surface area (Å²) in [7, 11) is -4.80. The van der Waals surface area contributed by atoms with Crippen molar-refractivity contribution in [3.05, 3.63) is 11.6 Å². The number of nitrogens with zero attached hydrogens (tertiary/aromatic N) is 3. The molecular weight excluding hydrogens is 352 g/mol. The third-order valence-electron chi connectivity index (χ3n) is 4.10. The van der Waals surface area contributed by atoms with Crippen LogP contribution >= 0.6 is 0 Å². The summed E-state index contributed by atoms with van der Waals surface area (Å²) in [5.74, 6) is -0.718. The third-order valence-corrected chi connectivity index (χ3v) is 4.45. The molecule has 0 saturated carbocycles. The summed E-state index contributed by atoms with van der Waals surface area (Å²) >= 11 is 0. The predicted octanol–water partition coefficient (Wildman–Crippen LogP) is -0.0111. The quantitative estimate of drug-likeness (QED) is 0.490. The van der Waals surface area contributed by atoms with E-state index in [1.165, 1.54) is 25.7 Å². The lowest BCUT2D eigenvalue weighted by Crippen LogP contribution is -2.48. The van der Waals surface area contributed by atoms with Crippen LogP contribution < -0.4 is 5.73 Å². The zero-order valence-corrected chi connectivity index (χ0v) is 15.7. The lowest BCUT2D eigenvalue weighted by Gasteiger charge is -2.27. The third kappa shape index (κ3) is 5.39. The Kier molecular flexibility index (Phi) is 7.35. The molecule has 2 bridgehead atoms. The molecule has 3 amide bonds. The minimum Gasteiger partial charge on any atom is -0.368 e. The number of amides is 3. The number of urea groups is 1. The molecule has 1 fully saturated rings. The van der Waals surface area contributed by atoms with Gasteiger partial charge in [0, 0.05) is 0 Å². The predicted molar refractivity (Wildman–Crippen MR) is 90.6 cm³/mol. The largest absolute Gasteiger partial charge is 0.418 e. The Morgan fingerprint density at radius 3 is 2.24 bits per heavy atom. The smallest absolute Gasteiger partial charge is 0.368 e. The summed E-state index contributed by atoms with van der Waals surface area (Å²) in [6.45, 7) is 11.8. The van der Waals surface area contributed by atoms with Gasteiger partial charge in [0.25, 0.3) is 0 Å². The molecule has 2 atom stereocenters. The van der Waals surface area contributed by atoms with E-state index in [9.17, 15) is 18.0 Å². The first-order valence-corrected chi connectivity index (χ1v) is 9.38.